The van der Waals surface area contributed by atoms with Crippen molar-refractivity contribution >= 4 is 17.5 Å². The van der Waals surface area contributed by atoms with Gasteiger partial charge in [-0.15, -0.1) is 0 Å². The second kappa shape index (κ2) is 6.62. The predicted molar refractivity (Wildman–Crippen MR) is 78.6 cm³/mol. The number of anilines is 1. The number of halogens is 2. The molecule has 1 saturated carbocycles. The van der Waals surface area contributed by atoms with Crippen LogP contribution in [0.4, 0.5) is 14.5 Å². The maximum Gasteiger partial charge on any atom is 0.228 e. The lowest BCUT2D eigenvalue weighted by Gasteiger charge is -2.10. The number of hydrogen-bond acceptors (Lipinski definition) is 3. The Balaban J connectivity index is 1.47. The molecule has 2 N–H and O–H groups in total. The van der Waals surface area contributed by atoms with Crippen LogP contribution in [-0.2, 0) is 14.3 Å². The second-order valence-corrected chi connectivity index (χ2v) is 5.94. The molecule has 124 valence electrons. The Kier molecular flexibility index (Phi) is 4.56. The van der Waals surface area contributed by atoms with Crippen LogP contribution in [-0.4, -0.2) is 31.1 Å². The molecule has 1 aliphatic heterocycles. The normalized spacial score (nSPS) is 25.9. The first-order valence-corrected chi connectivity index (χ1v) is 7.70. The fraction of sp³-hybridized carbons (Fsp3) is 0.500. The fourth-order valence-electron chi connectivity index (χ4n) is 2.74. The summed E-state index contributed by atoms with van der Waals surface area (Å²) in [5, 5.41) is 5.18. The van der Waals surface area contributed by atoms with Crippen LogP contribution in [0.2, 0.25) is 0 Å². The summed E-state index contributed by atoms with van der Waals surface area (Å²) >= 11 is 0. The van der Waals surface area contributed by atoms with Gasteiger partial charge in [0, 0.05) is 19.2 Å². The Morgan fingerprint density at radius 2 is 2.00 bits per heavy atom. The zero-order valence-corrected chi connectivity index (χ0v) is 12.5. The molecule has 3 unspecified atom stereocenters. The minimum absolute atomic E-state index is 0.0540. The van der Waals surface area contributed by atoms with Gasteiger partial charge in [-0.05, 0) is 31.4 Å². The van der Waals surface area contributed by atoms with Gasteiger partial charge in [0.15, 0.2) is 0 Å². The zero-order valence-electron chi connectivity index (χ0n) is 12.5. The van der Waals surface area contributed by atoms with E-state index in [0.29, 0.717) is 19.0 Å². The van der Waals surface area contributed by atoms with Gasteiger partial charge in [-0.3, -0.25) is 9.59 Å². The van der Waals surface area contributed by atoms with Gasteiger partial charge in [0.2, 0.25) is 11.8 Å². The molecule has 3 atom stereocenters. The minimum atomic E-state index is -0.835. The van der Waals surface area contributed by atoms with E-state index in [1.54, 1.807) is 0 Å². The first-order valence-electron chi connectivity index (χ1n) is 7.70. The van der Waals surface area contributed by atoms with Crippen molar-refractivity contribution in [1.82, 2.24) is 5.32 Å². The van der Waals surface area contributed by atoms with Gasteiger partial charge in [-0.25, -0.2) is 8.78 Å². The van der Waals surface area contributed by atoms with E-state index in [1.165, 1.54) is 0 Å². The van der Waals surface area contributed by atoms with Crippen molar-refractivity contribution in [2.24, 2.45) is 11.8 Å². The van der Waals surface area contributed by atoms with E-state index >= 15 is 0 Å². The molecule has 1 aromatic carbocycles. The van der Waals surface area contributed by atoms with Gasteiger partial charge in [0.25, 0.3) is 0 Å². The molecular weight excluding hydrogens is 306 g/mol. The Bertz CT molecular complexity index is 617. The molecule has 1 saturated heterocycles. The van der Waals surface area contributed by atoms with Crippen LogP contribution in [0.25, 0.3) is 0 Å². The third-order valence-corrected chi connectivity index (χ3v) is 4.18. The highest BCUT2D eigenvalue weighted by atomic mass is 19.1. The summed E-state index contributed by atoms with van der Waals surface area (Å²) in [4.78, 5) is 24.0. The number of carbonyl (C=O) groups excluding carboxylic acids is 2. The highest BCUT2D eigenvalue weighted by Gasteiger charge is 2.48. The quantitative estimate of drug-likeness (QED) is 0.868. The number of rotatable bonds is 5. The molecule has 2 amide bonds. The van der Waals surface area contributed by atoms with Gasteiger partial charge < -0.3 is 15.4 Å². The molecule has 23 heavy (non-hydrogen) atoms. The van der Waals surface area contributed by atoms with E-state index in [4.69, 9.17) is 4.74 Å². The maximum atomic E-state index is 13.5. The van der Waals surface area contributed by atoms with E-state index < -0.39 is 23.5 Å². The third-order valence-electron chi connectivity index (χ3n) is 4.18. The average Bonchev–Trinajstić information content (AvgIpc) is 3.16. The molecule has 5 nitrogen and oxygen atoms in total. The van der Waals surface area contributed by atoms with E-state index in [9.17, 15) is 18.4 Å². The Labute approximate surface area is 132 Å². The van der Waals surface area contributed by atoms with Crippen LogP contribution < -0.4 is 10.6 Å². The van der Waals surface area contributed by atoms with Gasteiger partial charge in [-0.1, -0.05) is 0 Å². The van der Waals surface area contributed by atoms with Crippen molar-refractivity contribution < 1.29 is 23.1 Å². The van der Waals surface area contributed by atoms with Crippen LogP contribution in [0.5, 0.6) is 0 Å². The van der Waals surface area contributed by atoms with Gasteiger partial charge in [-0.2, -0.15) is 0 Å². The summed E-state index contributed by atoms with van der Waals surface area (Å²) in [7, 11) is 0. The molecule has 0 radical (unpaired) electrons. The summed E-state index contributed by atoms with van der Waals surface area (Å²) < 4.78 is 31.7. The van der Waals surface area contributed by atoms with E-state index in [-0.39, 0.29) is 23.6 Å². The lowest BCUT2D eigenvalue weighted by molar-refractivity contribution is -0.125. The summed E-state index contributed by atoms with van der Waals surface area (Å²) in [6.45, 7) is 1.18. The topological polar surface area (TPSA) is 67.4 Å². The molecule has 1 aliphatic carbocycles. The van der Waals surface area contributed by atoms with Gasteiger partial charge in [0.1, 0.15) is 11.6 Å². The highest BCUT2D eigenvalue weighted by molar-refractivity contribution is 5.99. The van der Waals surface area contributed by atoms with E-state index in [1.807, 2.05) is 0 Å². The Hall–Kier alpha value is -2.02. The molecule has 1 aromatic rings. The fourth-order valence-corrected chi connectivity index (χ4v) is 2.74. The third kappa shape index (κ3) is 3.85. The van der Waals surface area contributed by atoms with Crippen molar-refractivity contribution in [3.63, 3.8) is 0 Å². The lowest BCUT2D eigenvalue weighted by Crippen LogP contribution is -2.33. The Morgan fingerprint density at radius 3 is 2.70 bits per heavy atom. The summed E-state index contributed by atoms with van der Waals surface area (Å²) in [5.74, 6) is -3.01. The van der Waals surface area contributed by atoms with Gasteiger partial charge >= 0.3 is 0 Å². The van der Waals surface area contributed by atoms with Crippen molar-refractivity contribution in [3.8, 4) is 0 Å². The highest BCUT2D eigenvalue weighted by Crippen LogP contribution is 2.39. The SMILES string of the molecule is O=C(NCC1CCCO1)C1CC1C(=O)Nc1ccc(F)cc1F. The molecule has 7 heteroatoms. The number of carbonyl (C=O) groups is 2. The van der Waals surface area contributed by atoms with E-state index in [2.05, 4.69) is 10.6 Å². The van der Waals surface area contributed by atoms with Crippen LogP contribution >= 0.6 is 0 Å². The lowest BCUT2D eigenvalue weighted by atomic mass is 10.2. The first-order chi connectivity index (χ1) is 11.0. The first kappa shape index (κ1) is 15.9. The molecule has 0 spiro atoms. The number of nitrogens with one attached hydrogen (secondary N) is 2. The molecule has 2 fully saturated rings. The van der Waals surface area contributed by atoms with Gasteiger partial charge in [0.05, 0.1) is 23.6 Å². The molecule has 3 rings (SSSR count). The van der Waals surface area contributed by atoms with Crippen molar-refractivity contribution in [3.05, 3.63) is 29.8 Å². The Morgan fingerprint density at radius 1 is 1.22 bits per heavy atom. The predicted octanol–water partition coefficient (Wildman–Crippen LogP) is 1.83. The van der Waals surface area contributed by atoms with E-state index in [0.717, 1.165) is 31.6 Å². The van der Waals surface area contributed by atoms with Crippen molar-refractivity contribution in [1.29, 1.82) is 0 Å². The molecule has 1 heterocycles. The summed E-state index contributed by atoms with van der Waals surface area (Å²) in [6, 6.07) is 2.93. The van der Waals surface area contributed by atoms with Crippen LogP contribution in [0, 0.1) is 23.5 Å². The summed E-state index contributed by atoms with van der Waals surface area (Å²) in [5.41, 5.74) is -0.0817. The van der Waals surface area contributed by atoms with Crippen molar-refractivity contribution in [2.45, 2.75) is 25.4 Å². The maximum absolute atomic E-state index is 13.5. The number of hydrogen-bond donors (Lipinski definition) is 2. The molecular formula is C16H18F2N2O3. The van der Waals surface area contributed by atoms with Crippen LogP contribution in [0.1, 0.15) is 19.3 Å². The standard InChI is InChI=1S/C16H18F2N2O3/c17-9-3-4-14(13(18)6-9)20-16(22)12-7-11(12)15(21)19-8-10-2-1-5-23-10/h3-4,6,10-12H,1-2,5,7-8H2,(H,19,21)(H,20,22). The molecule has 2 aliphatic rings. The largest absolute Gasteiger partial charge is 0.376 e. The van der Waals surface area contributed by atoms with Crippen LogP contribution in [0.3, 0.4) is 0 Å². The average molecular weight is 324 g/mol. The smallest absolute Gasteiger partial charge is 0.228 e. The molecule has 0 aromatic heterocycles. The minimum Gasteiger partial charge on any atom is -0.376 e. The monoisotopic (exact) mass is 324 g/mol. The van der Waals surface area contributed by atoms with Crippen LogP contribution in [0.15, 0.2) is 18.2 Å². The number of benzene rings is 1. The zero-order chi connectivity index (χ0) is 16.4. The summed E-state index contributed by atoms with van der Waals surface area (Å²) in [6.07, 6.45) is 2.42. The second-order valence-electron chi connectivity index (χ2n) is 5.94. The number of amides is 2. The van der Waals surface area contributed by atoms with Crippen molar-refractivity contribution in [2.75, 3.05) is 18.5 Å². The molecule has 0 bridgehead atoms. The number of ether oxygens (including phenoxy) is 1.